The molecule has 35 heavy (non-hydrogen) atoms. The minimum absolute atomic E-state index is 0.0361. The Balaban J connectivity index is 3.31. The Morgan fingerprint density at radius 1 is 1.00 bits per heavy atom. The topological polar surface area (TPSA) is 128 Å². The molecule has 3 amide bonds. The van der Waals surface area contributed by atoms with Crippen molar-refractivity contribution in [2.45, 2.75) is 97.4 Å². The van der Waals surface area contributed by atoms with E-state index in [9.17, 15) is 24.6 Å². The third-order valence-electron chi connectivity index (χ3n) is 5.16. The number of aliphatic hydroxyl groups excluding tert-OH is 1. The van der Waals surface area contributed by atoms with Gasteiger partial charge in [-0.2, -0.15) is 0 Å². The van der Waals surface area contributed by atoms with Gasteiger partial charge in [0.25, 0.3) is 0 Å². The van der Waals surface area contributed by atoms with Gasteiger partial charge in [-0.25, -0.2) is 4.79 Å². The third-order valence-corrected chi connectivity index (χ3v) is 5.16. The van der Waals surface area contributed by atoms with E-state index in [2.05, 4.69) is 17.6 Å². The Kier molecular flexibility index (Phi) is 12.6. The van der Waals surface area contributed by atoms with Gasteiger partial charge in [0.15, 0.2) is 0 Å². The van der Waals surface area contributed by atoms with E-state index in [1.807, 2.05) is 13.8 Å². The predicted octanol–water partition coefficient (Wildman–Crippen LogP) is 3.64. The van der Waals surface area contributed by atoms with E-state index in [0.717, 1.165) is 25.7 Å². The highest BCUT2D eigenvalue weighted by Gasteiger charge is 2.36. The first kappa shape index (κ1) is 30.2. The van der Waals surface area contributed by atoms with Crippen LogP contribution < -0.4 is 10.6 Å². The van der Waals surface area contributed by atoms with E-state index in [4.69, 9.17) is 4.74 Å². The number of ether oxygens (including phenoxy) is 1. The van der Waals surface area contributed by atoms with Crippen molar-refractivity contribution in [3.63, 3.8) is 0 Å². The minimum Gasteiger partial charge on any atom is -0.508 e. The van der Waals surface area contributed by atoms with Crippen molar-refractivity contribution in [3.05, 3.63) is 29.8 Å². The van der Waals surface area contributed by atoms with E-state index < -0.39 is 36.3 Å². The first-order valence-corrected chi connectivity index (χ1v) is 12.4. The second-order valence-electron chi connectivity index (χ2n) is 9.98. The largest absolute Gasteiger partial charge is 0.508 e. The number of aromatic hydroxyl groups is 1. The van der Waals surface area contributed by atoms with Crippen molar-refractivity contribution >= 4 is 17.9 Å². The Labute approximate surface area is 209 Å². The van der Waals surface area contributed by atoms with Crippen molar-refractivity contribution in [1.82, 2.24) is 15.5 Å². The molecule has 0 aliphatic heterocycles. The molecule has 0 fully saturated rings. The van der Waals surface area contributed by atoms with E-state index >= 15 is 0 Å². The Hall–Kier alpha value is -2.81. The van der Waals surface area contributed by atoms with Crippen molar-refractivity contribution in [3.8, 4) is 5.75 Å². The summed E-state index contributed by atoms with van der Waals surface area (Å²) in [6.45, 7) is 10.4. The van der Waals surface area contributed by atoms with Gasteiger partial charge in [-0.1, -0.05) is 44.7 Å². The number of rotatable bonds is 13. The zero-order chi connectivity index (χ0) is 26.6. The van der Waals surface area contributed by atoms with Crippen LogP contribution in [-0.2, 0) is 14.3 Å². The molecule has 0 spiro atoms. The number of carbonyl (C=O) groups excluding carboxylic acids is 3. The molecule has 1 rings (SSSR count). The first-order valence-electron chi connectivity index (χ1n) is 12.4. The summed E-state index contributed by atoms with van der Waals surface area (Å²) in [4.78, 5) is 40.7. The molecule has 0 aromatic heterocycles. The molecule has 0 aliphatic rings. The van der Waals surface area contributed by atoms with Crippen LogP contribution in [0.3, 0.4) is 0 Å². The number of alkyl carbamates (subject to hydrolysis) is 1. The highest BCUT2D eigenvalue weighted by molar-refractivity contribution is 5.92. The van der Waals surface area contributed by atoms with Gasteiger partial charge in [0.1, 0.15) is 23.4 Å². The quantitative estimate of drug-likeness (QED) is 0.311. The van der Waals surface area contributed by atoms with E-state index in [1.165, 1.54) is 17.0 Å². The fourth-order valence-corrected chi connectivity index (χ4v) is 3.58. The number of nitrogens with one attached hydrogen (secondary N) is 2. The molecule has 0 saturated carbocycles. The van der Waals surface area contributed by atoms with Gasteiger partial charge >= 0.3 is 6.09 Å². The average Bonchev–Trinajstić information content (AvgIpc) is 2.75. The van der Waals surface area contributed by atoms with Crippen LogP contribution in [0.2, 0.25) is 0 Å². The molecule has 9 nitrogen and oxygen atoms in total. The SMILES string of the molecule is CCCCCCCN(C(=O)C(CO)NC(=O)OC(C)(C)C)C(C(=O)NC(C)C)c1ccc(O)cc1. The molecule has 0 heterocycles. The smallest absolute Gasteiger partial charge is 0.408 e. The van der Waals surface area contributed by atoms with Gasteiger partial charge in [0.2, 0.25) is 11.8 Å². The van der Waals surface area contributed by atoms with Gasteiger partial charge in [0, 0.05) is 12.6 Å². The first-order chi connectivity index (χ1) is 16.4. The minimum atomic E-state index is -1.29. The summed E-state index contributed by atoms with van der Waals surface area (Å²) in [6, 6.07) is 3.63. The van der Waals surface area contributed by atoms with Gasteiger partial charge in [0.05, 0.1) is 6.61 Å². The van der Waals surface area contributed by atoms with Crippen LogP contribution in [0, 0.1) is 0 Å². The molecule has 0 saturated heterocycles. The number of carbonyl (C=O) groups is 3. The maximum absolute atomic E-state index is 13.6. The molecular weight excluding hydrogens is 450 g/mol. The molecular formula is C26H43N3O6. The summed E-state index contributed by atoms with van der Waals surface area (Å²) in [7, 11) is 0. The van der Waals surface area contributed by atoms with Crippen LogP contribution >= 0.6 is 0 Å². The van der Waals surface area contributed by atoms with Gasteiger partial charge in [-0.15, -0.1) is 0 Å². The Morgan fingerprint density at radius 2 is 1.60 bits per heavy atom. The predicted molar refractivity (Wildman–Crippen MR) is 135 cm³/mol. The number of hydrogen-bond donors (Lipinski definition) is 4. The summed E-state index contributed by atoms with van der Waals surface area (Å²) in [5.74, 6) is -0.943. The highest BCUT2D eigenvalue weighted by Crippen LogP contribution is 2.25. The lowest BCUT2D eigenvalue weighted by atomic mass is 10.0. The highest BCUT2D eigenvalue weighted by atomic mass is 16.6. The Bertz CT molecular complexity index is 804. The lowest BCUT2D eigenvalue weighted by molar-refractivity contribution is -0.143. The number of phenolic OH excluding ortho intramolecular Hbond substituents is 1. The second kappa shape index (κ2) is 14.6. The van der Waals surface area contributed by atoms with Crippen LogP contribution in [0.1, 0.15) is 85.3 Å². The number of unbranched alkanes of at least 4 members (excludes halogenated alkanes) is 4. The molecule has 2 unspecified atom stereocenters. The summed E-state index contributed by atoms with van der Waals surface area (Å²) in [5.41, 5.74) is -0.269. The number of nitrogens with zero attached hydrogens (tertiary/aromatic N) is 1. The lowest BCUT2D eigenvalue weighted by Gasteiger charge is -2.34. The maximum Gasteiger partial charge on any atom is 0.408 e. The van der Waals surface area contributed by atoms with Crippen molar-refractivity contribution in [2.75, 3.05) is 13.2 Å². The number of amides is 3. The molecule has 0 aliphatic carbocycles. The number of hydrogen-bond acceptors (Lipinski definition) is 6. The fourth-order valence-electron chi connectivity index (χ4n) is 3.58. The van der Waals surface area contributed by atoms with Crippen LogP contribution in [-0.4, -0.2) is 63.9 Å². The molecule has 0 radical (unpaired) electrons. The second-order valence-corrected chi connectivity index (χ2v) is 9.98. The van der Waals surface area contributed by atoms with E-state index in [0.29, 0.717) is 12.0 Å². The van der Waals surface area contributed by atoms with Crippen LogP contribution in [0.4, 0.5) is 4.79 Å². The normalized spacial score (nSPS) is 13.1. The summed E-state index contributed by atoms with van der Waals surface area (Å²) in [6.07, 6.45) is 3.83. The number of phenols is 1. The molecule has 4 N–H and O–H groups in total. The Morgan fingerprint density at radius 3 is 2.11 bits per heavy atom. The van der Waals surface area contributed by atoms with E-state index in [-0.39, 0.29) is 24.2 Å². The van der Waals surface area contributed by atoms with Crippen molar-refractivity contribution < 1.29 is 29.3 Å². The van der Waals surface area contributed by atoms with Gasteiger partial charge < -0.3 is 30.5 Å². The monoisotopic (exact) mass is 493 g/mol. The number of benzene rings is 1. The zero-order valence-corrected chi connectivity index (χ0v) is 22.0. The molecule has 1 aromatic rings. The fraction of sp³-hybridized carbons (Fsp3) is 0.654. The van der Waals surface area contributed by atoms with E-state index in [1.54, 1.807) is 32.9 Å². The summed E-state index contributed by atoms with van der Waals surface area (Å²) in [5, 5.41) is 25.0. The number of aliphatic hydroxyl groups is 1. The average molecular weight is 494 g/mol. The zero-order valence-electron chi connectivity index (χ0n) is 22.0. The molecule has 9 heteroatoms. The van der Waals surface area contributed by atoms with Gasteiger partial charge in [-0.3, -0.25) is 9.59 Å². The lowest BCUT2D eigenvalue weighted by Crippen LogP contribution is -2.55. The molecule has 198 valence electrons. The van der Waals surface area contributed by atoms with Crippen molar-refractivity contribution in [1.29, 1.82) is 0 Å². The molecule has 2 atom stereocenters. The summed E-state index contributed by atoms with van der Waals surface area (Å²) < 4.78 is 5.24. The van der Waals surface area contributed by atoms with Crippen molar-refractivity contribution in [2.24, 2.45) is 0 Å². The van der Waals surface area contributed by atoms with Crippen LogP contribution in [0.15, 0.2) is 24.3 Å². The standard InChI is InChI=1S/C26H43N3O6/c1-7-8-9-10-11-16-29(24(33)21(17-30)28-25(34)35-26(4,5)6)22(23(32)27-18(2)3)19-12-14-20(31)15-13-19/h12-15,18,21-22,30-31H,7-11,16-17H2,1-6H3,(H,27,32)(H,28,34). The summed E-state index contributed by atoms with van der Waals surface area (Å²) >= 11 is 0. The van der Waals surface area contributed by atoms with Crippen LogP contribution in [0.5, 0.6) is 5.75 Å². The van der Waals surface area contributed by atoms with Gasteiger partial charge in [-0.05, 0) is 58.7 Å². The molecule has 1 aromatic carbocycles. The van der Waals surface area contributed by atoms with Crippen LogP contribution in [0.25, 0.3) is 0 Å². The molecule has 0 bridgehead atoms. The maximum atomic E-state index is 13.6. The third kappa shape index (κ3) is 11.0.